The van der Waals surface area contributed by atoms with E-state index in [0.29, 0.717) is 18.1 Å². The Balaban J connectivity index is 1.47. The molecule has 0 unspecified atom stereocenters. The van der Waals surface area contributed by atoms with Crippen LogP contribution in [0.2, 0.25) is 5.02 Å². The van der Waals surface area contributed by atoms with Gasteiger partial charge in [0.2, 0.25) is 0 Å². The van der Waals surface area contributed by atoms with Gasteiger partial charge < -0.3 is 14.6 Å². The number of ether oxygens (including phenoxy) is 1. The van der Waals surface area contributed by atoms with Crippen molar-refractivity contribution >= 4 is 28.5 Å². The molecule has 5 nitrogen and oxygen atoms in total. The lowest BCUT2D eigenvalue weighted by Crippen LogP contribution is -2.29. The second kappa shape index (κ2) is 9.23. The lowest BCUT2D eigenvalue weighted by Gasteiger charge is -2.12. The van der Waals surface area contributed by atoms with E-state index in [-0.39, 0.29) is 12.5 Å². The highest BCUT2D eigenvalue weighted by Gasteiger charge is 2.13. The van der Waals surface area contributed by atoms with E-state index in [0.717, 1.165) is 39.3 Å². The standard InChI is InChI=1S/C25H24ClN3O2/c1-17-7-8-18(2)23(13-17)31-16-25(30)27-14-24-28-21-5-3-4-6-22(21)29(24)15-19-9-11-20(26)12-10-19/h3-13H,14-16H2,1-2H3,(H,27,30). The van der Waals surface area contributed by atoms with E-state index in [1.165, 1.54) is 0 Å². The van der Waals surface area contributed by atoms with Crippen molar-refractivity contribution < 1.29 is 9.53 Å². The molecule has 0 saturated carbocycles. The van der Waals surface area contributed by atoms with Crippen LogP contribution in [0.15, 0.2) is 66.7 Å². The molecule has 0 radical (unpaired) electrons. The average Bonchev–Trinajstić information content (AvgIpc) is 3.12. The molecule has 1 heterocycles. The molecule has 1 aromatic heterocycles. The quantitative estimate of drug-likeness (QED) is 0.443. The Hall–Kier alpha value is -3.31. The highest BCUT2D eigenvalue weighted by atomic mass is 35.5. The van der Waals surface area contributed by atoms with Crippen molar-refractivity contribution in [2.24, 2.45) is 0 Å². The van der Waals surface area contributed by atoms with Crippen LogP contribution in [0.25, 0.3) is 11.0 Å². The van der Waals surface area contributed by atoms with Gasteiger partial charge in [0.25, 0.3) is 5.91 Å². The predicted octanol–water partition coefficient (Wildman–Crippen LogP) is 5.05. The number of amides is 1. The van der Waals surface area contributed by atoms with Gasteiger partial charge in [0, 0.05) is 11.6 Å². The molecule has 0 aliphatic rings. The molecule has 0 spiro atoms. The third-order valence-electron chi connectivity index (χ3n) is 5.13. The first kappa shape index (κ1) is 20.9. The summed E-state index contributed by atoms with van der Waals surface area (Å²) in [5.41, 5.74) is 5.12. The lowest BCUT2D eigenvalue weighted by molar-refractivity contribution is -0.123. The molecule has 31 heavy (non-hydrogen) atoms. The number of hydrogen-bond donors (Lipinski definition) is 1. The number of imidazole rings is 1. The number of aryl methyl sites for hydroxylation is 2. The fourth-order valence-corrected chi connectivity index (χ4v) is 3.57. The van der Waals surface area contributed by atoms with Crippen molar-refractivity contribution in [2.75, 3.05) is 6.61 Å². The molecule has 158 valence electrons. The molecular formula is C25H24ClN3O2. The number of hydrogen-bond acceptors (Lipinski definition) is 3. The van der Waals surface area contributed by atoms with Gasteiger partial charge in [0.1, 0.15) is 11.6 Å². The van der Waals surface area contributed by atoms with Crippen molar-refractivity contribution in [1.29, 1.82) is 0 Å². The van der Waals surface area contributed by atoms with Gasteiger partial charge in [-0.15, -0.1) is 0 Å². The molecule has 0 fully saturated rings. The number of benzene rings is 3. The SMILES string of the molecule is Cc1ccc(C)c(OCC(=O)NCc2nc3ccccc3n2Cc2ccc(Cl)cc2)c1. The Morgan fingerprint density at radius 3 is 2.65 bits per heavy atom. The van der Waals surface area contributed by atoms with Crippen LogP contribution >= 0.6 is 11.6 Å². The molecule has 0 aliphatic heterocycles. The van der Waals surface area contributed by atoms with Crippen LogP contribution in [-0.2, 0) is 17.9 Å². The fourth-order valence-electron chi connectivity index (χ4n) is 3.44. The van der Waals surface area contributed by atoms with Gasteiger partial charge in [-0.3, -0.25) is 4.79 Å². The highest BCUT2D eigenvalue weighted by molar-refractivity contribution is 6.30. The molecule has 4 aromatic rings. The number of carbonyl (C=O) groups excluding carboxylic acids is 1. The number of carbonyl (C=O) groups is 1. The number of nitrogens with zero attached hydrogens (tertiary/aromatic N) is 2. The molecule has 1 N–H and O–H groups in total. The zero-order valence-corrected chi connectivity index (χ0v) is 18.3. The summed E-state index contributed by atoms with van der Waals surface area (Å²) in [5.74, 6) is 1.33. The molecule has 1 amide bonds. The molecule has 0 bridgehead atoms. The van der Waals surface area contributed by atoms with E-state index in [1.54, 1.807) is 0 Å². The molecule has 0 atom stereocenters. The summed E-state index contributed by atoms with van der Waals surface area (Å²) in [4.78, 5) is 17.1. The summed E-state index contributed by atoms with van der Waals surface area (Å²) in [6.45, 7) is 4.88. The maximum Gasteiger partial charge on any atom is 0.258 e. The third-order valence-corrected chi connectivity index (χ3v) is 5.39. The zero-order valence-electron chi connectivity index (χ0n) is 17.6. The van der Waals surface area contributed by atoms with Crippen molar-refractivity contribution in [1.82, 2.24) is 14.9 Å². The topological polar surface area (TPSA) is 56.1 Å². The number of rotatable bonds is 7. The Kier molecular flexibility index (Phi) is 6.23. The third kappa shape index (κ3) is 5.06. The van der Waals surface area contributed by atoms with Gasteiger partial charge >= 0.3 is 0 Å². The van der Waals surface area contributed by atoms with Crippen molar-refractivity contribution in [3.8, 4) is 5.75 Å². The Labute approximate surface area is 186 Å². The maximum atomic E-state index is 12.4. The molecule has 4 rings (SSSR count). The van der Waals surface area contributed by atoms with Crippen LogP contribution in [0.1, 0.15) is 22.5 Å². The Morgan fingerprint density at radius 2 is 1.84 bits per heavy atom. The summed E-state index contributed by atoms with van der Waals surface area (Å²) in [6.07, 6.45) is 0. The van der Waals surface area contributed by atoms with E-state index >= 15 is 0 Å². The van der Waals surface area contributed by atoms with Crippen LogP contribution < -0.4 is 10.1 Å². The van der Waals surface area contributed by atoms with Crippen LogP contribution in [0.3, 0.4) is 0 Å². The molecular weight excluding hydrogens is 410 g/mol. The van der Waals surface area contributed by atoms with Gasteiger partial charge in [0.05, 0.1) is 17.6 Å². The maximum absolute atomic E-state index is 12.4. The minimum atomic E-state index is -0.189. The van der Waals surface area contributed by atoms with E-state index in [2.05, 4.69) is 9.88 Å². The molecule has 6 heteroatoms. The van der Waals surface area contributed by atoms with Gasteiger partial charge in [0.15, 0.2) is 6.61 Å². The number of para-hydroxylation sites is 2. The first-order valence-corrected chi connectivity index (χ1v) is 10.5. The molecule has 0 saturated heterocycles. The number of halogens is 1. The first-order chi connectivity index (χ1) is 15.0. The Bertz CT molecular complexity index is 1220. The van der Waals surface area contributed by atoms with Crippen molar-refractivity contribution in [2.45, 2.75) is 26.9 Å². The number of aromatic nitrogens is 2. The minimum Gasteiger partial charge on any atom is -0.483 e. The van der Waals surface area contributed by atoms with E-state index in [9.17, 15) is 4.79 Å². The smallest absolute Gasteiger partial charge is 0.258 e. The molecule has 3 aromatic carbocycles. The predicted molar refractivity (Wildman–Crippen MR) is 124 cm³/mol. The van der Waals surface area contributed by atoms with Crippen molar-refractivity contribution in [3.05, 3.63) is 94.3 Å². The van der Waals surface area contributed by atoms with Gasteiger partial charge in [-0.25, -0.2) is 4.98 Å². The van der Waals surface area contributed by atoms with E-state index in [1.807, 2.05) is 80.6 Å². The summed E-state index contributed by atoms with van der Waals surface area (Å²) >= 11 is 6.02. The van der Waals surface area contributed by atoms with E-state index < -0.39 is 0 Å². The normalized spacial score (nSPS) is 10.9. The summed E-state index contributed by atoms with van der Waals surface area (Å²) in [7, 11) is 0. The second-order valence-corrected chi connectivity index (χ2v) is 8.00. The summed E-state index contributed by atoms with van der Waals surface area (Å²) in [5, 5.41) is 3.64. The monoisotopic (exact) mass is 433 g/mol. The van der Waals surface area contributed by atoms with E-state index in [4.69, 9.17) is 21.3 Å². The van der Waals surface area contributed by atoms with Gasteiger partial charge in [-0.1, -0.05) is 48.0 Å². The number of nitrogens with one attached hydrogen (secondary N) is 1. The summed E-state index contributed by atoms with van der Waals surface area (Å²) < 4.78 is 7.83. The van der Waals surface area contributed by atoms with Gasteiger partial charge in [-0.05, 0) is 60.9 Å². The van der Waals surface area contributed by atoms with Crippen LogP contribution in [0.5, 0.6) is 5.75 Å². The van der Waals surface area contributed by atoms with Crippen LogP contribution in [0, 0.1) is 13.8 Å². The van der Waals surface area contributed by atoms with Crippen LogP contribution in [0.4, 0.5) is 0 Å². The first-order valence-electron chi connectivity index (χ1n) is 10.1. The summed E-state index contributed by atoms with van der Waals surface area (Å²) in [6, 6.07) is 21.7. The van der Waals surface area contributed by atoms with Gasteiger partial charge in [-0.2, -0.15) is 0 Å². The second-order valence-electron chi connectivity index (χ2n) is 7.56. The average molecular weight is 434 g/mol. The fraction of sp³-hybridized carbons (Fsp3) is 0.200. The zero-order chi connectivity index (χ0) is 21.8. The highest BCUT2D eigenvalue weighted by Crippen LogP contribution is 2.20. The van der Waals surface area contributed by atoms with Crippen LogP contribution in [-0.4, -0.2) is 22.1 Å². The minimum absolute atomic E-state index is 0.0400. The Morgan fingerprint density at radius 1 is 1.06 bits per heavy atom. The molecule has 0 aliphatic carbocycles. The van der Waals surface area contributed by atoms with Crippen molar-refractivity contribution in [3.63, 3.8) is 0 Å². The lowest BCUT2D eigenvalue weighted by atomic mass is 10.1. The largest absolute Gasteiger partial charge is 0.483 e. The number of fused-ring (bicyclic) bond motifs is 1.